The van der Waals surface area contributed by atoms with E-state index in [2.05, 4.69) is 10.3 Å². The molecule has 0 saturated heterocycles. The quantitative estimate of drug-likeness (QED) is 0.787. The van der Waals surface area contributed by atoms with Crippen molar-refractivity contribution in [2.45, 2.75) is 12.2 Å². The first-order chi connectivity index (χ1) is 11.4. The minimum atomic E-state index is -4.61. The first-order valence-electron chi connectivity index (χ1n) is 6.69. The van der Waals surface area contributed by atoms with Gasteiger partial charge in [0.15, 0.2) is 11.7 Å². The van der Waals surface area contributed by atoms with Crippen LogP contribution >= 0.6 is 11.3 Å². The van der Waals surface area contributed by atoms with E-state index in [0.29, 0.717) is 4.88 Å². The third-order valence-electron chi connectivity index (χ3n) is 3.25. The number of hydrogen-bond donors (Lipinski definition) is 1. The van der Waals surface area contributed by atoms with Crippen LogP contribution in [0.3, 0.4) is 0 Å². The number of rotatable bonds is 3. The molecule has 0 radical (unpaired) electrons. The second kappa shape index (κ2) is 5.98. The highest BCUT2D eigenvalue weighted by atomic mass is 32.1. The van der Waals surface area contributed by atoms with Gasteiger partial charge in [-0.05, 0) is 23.6 Å². The Morgan fingerprint density at radius 2 is 2.17 bits per heavy atom. The number of carbonyl (C=O) groups excluding carboxylic acids is 1. The second-order valence-corrected chi connectivity index (χ2v) is 5.81. The molecular weight excluding hydrogens is 341 g/mol. The number of nitriles is 1. The fourth-order valence-electron chi connectivity index (χ4n) is 2.16. The standard InChI is InChI=1S/C15H9F3N4OS/c16-15(17,18)12-8-22-5-1-3-9(13(22)21-12)14(23)20-10(7-19)11-4-2-6-24-11/h1-6,8,10H,(H,20,23). The van der Waals surface area contributed by atoms with E-state index in [0.717, 1.165) is 10.6 Å². The number of carbonyl (C=O) groups is 1. The lowest BCUT2D eigenvalue weighted by atomic mass is 10.2. The summed E-state index contributed by atoms with van der Waals surface area (Å²) in [5.74, 6) is -0.667. The molecule has 9 heteroatoms. The van der Waals surface area contributed by atoms with E-state index in [9.17, 15) is 23.2 Å². The second-order valence-electron chi connectivity index (χ2n) is 4.83. The predicted octanol–water partition coefficient (Wildman–Crippen LogP) is 3.41. The first kappa shape index (κ1) is 16.0. The molecule has 0 bridgehead atoms. The monoisotopic (exact) mass is 350 g/mol. The molecule has 3 aromatic rings. The maximum atomic E-state index is 12.8. The van der Waals surface area contributed by atoms with E-state index in [1.807, 2.05) is 6.07 Å². The zero-order valence-corrected chi connectivity index (χ0v) is 12.7. The third kappa shape index (κ3) is 2.96. The molecule has 1 unspecified atom stereocenters. The summed E-state index contributed by atoms with van der Waals surface area (Å²) >= 11 is 1.30. The van der Waals surface area contributed by atoms with Crippen LogP contribution < -0.4 is 5.32 Å². The molecular formula is C15H9F3N4OS. The fraction of sp³-hybridized carbons (Fsp3) is 0.133. The molecule has 1 N–H and O–H groups in total. The Balaban J connectivity index is 1.95. The van der Waals surface area contributed by atoms with Gasteiger partial charge in [-0.3, -0.25) is 4.79 Å². The summed E-state index contributed by atoms with van der Waals surface area (Å²) in [5, 5.41) is 13.5. The highest BCUT2D eigenvalue weighted by Crippen LogP contribution is 2.29. The molecule has 122 valence electrons. The van der Waals surface area contributed by atoms with E-state index in [-0.39, 0.29) is 11.2 Å². The van der Waals surface area contributed by atoms with Crippen molar-refractivity contribution in [1.29, 1.82) is 5.26 Å². The van der Waals surface area contributed by atoms with Gasteiger partial charge in [-0.1, -0.05) is 6.07 Å². The highest BCUT2D eigenvalue weighted by Gasteiger charge is 2.34. The molecule has 5 nitrogen and oxygen atoms in total. The van der Waals surface area contributed by atoms with Crippen molar-refractivity contribution in [3.8, 4) is 6.07 Å². The smallest absolute Gasteiger partial charge is 0.332 e. The third-order valence-corrected chi connectivity index (χ3v) is 4.19. The van der Waals surface area contributed by atoms with Gasteiger partial charge in [-0.15, -0.1) is 11.3 Å². The van der Waals surface area contributed by atoms with Crippen LogP contribution in [-0.4, -0.2) is 15.3 Å². The Kier molecular flexibility index (Phi) is 3.99. The Hall–Kier alpha value is -2.86. The number of alkyl halides is 3. The summed E-state index contributed by atoms with van der Waals surface area (Å²) in [4.78, 5) is 16.5. The van der Waals surface area contributed by atoms with Gasteiger partial charge in [0.1, 0.15) is 5.65 Å². The van der Waals surface area contributed by atoms with Crippen LogP contribution in [0, 0.1) is 11.3 Å². The fourth-order valence-corrected chi connectivity index (χ4v) is 2.88. The molecule has 0 aliphatic carbocycles. The Morgan fingerprint density at radius 3 is 2.79 bits per heavy atom. The average molecular weight is 350 g/mol. The summed E-state index contributed by atoms with van der Waals surface area (Å²) in [7, 11) is 0. The van der Waals surface area contributed by atoms with E-state index >= 15 is 0 Å². The van der Waals surface area contributed by atoms with Gasteiger partial charge in [-0.25, -0.2) is 4.98 Å². The van der Waals surface area contributed by atoms with Gasteiger partial charge in [0.05, 0.1) is 11.6 Å². The number of aromatic nitrogens is 2. The van der Waals surface area contributed by atoms with E-state index < -0.39 is 23.8 Å². The molecule has 0 fully saturated rings. The first-order valence-corrected chi connectivity index (χ1v) is 7.57. The summed E-state index contributed by atoms with van der Waals surface area (Å²) in [6.07, 6.45) is -2.42. The van der Waals surface area contributed by atoms with Crippen LogP contribution in [0.5, 0.6) is 0 Å². The summed E-state index contributed by atoms with van der Waals surface area (Å²) in [6.45, 7) is 0. The van der Waals surface area contributed by atoms with E-state index in [1.165, 1.54) is 29.7 Å². The van der Waals surface area contributed by atoms with Crippen molar-refractivity contribution < 1.29 is 18.0 Å². The molecule has 3 rings (SSSR count). The number of fused-ring (bicyclic) bond motifs is 1. The summed E-state index contributed by atoms with van der Waals surface area (Å²) < 4.78 is 39.5. The lowest BCUT2D eigenvalue weighted by Crippen LogP contribution is -2.27. The normalized spacial score (nSPS) is 12.8. The van der Waals surface area contributed by atoms with Gasteiger partial charge in [0, 0.05) is 17.3 Å². The van der Waals surface area contributed by atoms with E-state index in [4.69, 9.17) is 0 Å². The molecule has 0 saturated carbocycles. The SMILES string of the molecule is N#CC(NC(=O)c1cccn2cc(C(F)(F)F)nc12)c1cccs1. The van der Waals surface area contributed by atoms with Crippen molar-refractivity contribution in [3.63, 3.8) is 0 Å². The molecule has 0 aliphatic heterocycles. The maximum Gasteiger partial charge on any atom is 0.434 e. The average Bonchev–Trinajstić information content (AvgIpc) is 3.20. The highest BCUT2D eigenvalue weighted by molar-refractivity contribution is 7.10. The van der Waals surface area contributed by atoms with E-state index in [1.54, 1.807) is 17.5 Å². The molecule has 1 atom stereocenters. The van der Waals surface area contributed by atoms with Crippen LogP contribution in [0.1, 0.15) is 27.0 Å². The van der Waals surface area contributed by atoms with Crippen molar-refractivity contribution in [2.75, 3.05) is 0 Å². The number of pyridine rings is 1. The van der Waals surface area contributed by atoms with Crippen molar-refractivity contribution in [3.05, 3.63) is 58.2 Å². The van der Waals surface area contributed by atoms with Crippen LogP contribution in [0.25, 0.3) is 5.65 Å². The zero-order valence-electron chi connectivity index (χ0n) is 11.9. The molecule has 3 heterocycles. The Morgan fingerprint density at radius 1 is 1.38 bits per heavy atom. The number of imidazole rings is 1. The molecule has 0 spiro atoms. The molecule has 1 amide bonds. The molecule has 3 aromatic heterocycles. The zero-order chi connectivity index (χ0) is 17.3. The van der Waals surface area contributed by atoms with Crippen molar-refractivity contribution >= 4 is 22.9 Å². The molecule has 24 heavy (non-hydrogen) atoms. The topological polar surface area (TPSA) is 70.2 Å². The van der Waals surface area contributed by atoms with Gasteiger partial charge >= 0.3 is 6.18 Å². The summed E-state index contributed by atoms with van der Waals surface area (Å²) in [6, 6.07) is 7.31. The van der Waals surface area contributed by atoms with Crippen molar-refractivity contribution in [2.24, 2.45) is 0 Å². The lowest BCUT2D eigenvalue weighted by Gasteiger charge is -2.10. The van der Waals surface area contributed by atoms with Crippen LogP contribution in [0.2, 0.25) is 0 Å². The van der Waals surface area contributed by atoms with Crippen LogP contribution in [0.4, 0.5) is 13.2 Å². The maximum absolute atomic E-state index is 12.8. The van der Waals surface area contributed by atoms with Crippen LogP contribution in [0.15, 0.2) is 42.0 Å². The Bertz CT molecular complexity index is 924. The van der Waals surface area contributed by atoms with Crippen LogP contribution in [-0.2, 0) is 6.18 Å². The van der Waals surface area contributed by atoms with Gasteiger partial charge in [-0.2, -0.15) is 18.4 Å². The number of amides is 1. The predicted molar refractivity (Wildman–Crippen MR) is 80.3 cm³/mol. The van der Waals surface area contributed by atoms with Gasteiger partial charge < -0.3 is 9.72 Å². The van der Waals surface area contributed by atoms with Gasteiger partial charge in [0.2, 0.25) is 0 Å². The van der Waals surface area contributed by atoms with Gasteiger partial charge in [0.25, 0.3) is 5.91 Å². The minimum absolute atomic E-state index is 0.0372. The number of thiophene rings is 1. The van der Waals surface area contributed by atoms with Crippen molar-refractivity contribution in [1.82, 2.24) is 14.7 Å². The summed E-state index contributed by atoms with van der Waals surface area (Å²) in [5.41, 5.74) is -1.24. The molecule has 0 aliphatic rings. The molecule has 0 aromatic carbocycles. The Labute approximate surface area is 138 Å². The number of halogens is 3. The number of nitrogens with zero attached hydrogens (tertiary/aromatic N) is 3. The lowest BCUT2D eigenvalue weighted by molar-refractivity contribution is -0.140. The number of hydrogen-bond acceptors (Lipinski definition) is 4. The minimum Gasteiger partial charge on any atom is -0.332 e. The largest absolute Gasteiger partial charge is 0.434 e. The number of nitrogens with one attached hydrogen (secondary N) is 1.